The van der Waals surface area contributed by atoms with Crippen LogP contribution < -0.4 is 10.3 Å². The number of allylic oxidation sites excluding steroid dienone is 1. The molecule has 0 spiro atoms. The van der Waals surface area contributed by atoms with Gasteiger partial charge in [-0.05, 0) is 35.9 Å². The van der Waals surface area contributed by atoms with Gasteiger partial charge in [-0.15, -0.1) is 0 Å². The molecule has 0 saturated heterocycles. The summed E-state index contributed by atoms with van der Waals surface area (Å²) in [6.07, 6.45) is 1.17. The highest BCUT2D eigenvalue weighted by Crippen LogP contribution is 2.31. The van der Waals surface area contributed by atoms with Gasteiger partial charge in [0, 0.05) is 22.4 Å². The molecule has 0 aliphatic carbocycles. The smallest absolute Gasteiger partial charge is 0.301 e. The van der Waals surface area contributed by atoms with Gasteiger partial charge in [-0.2, -0.15) is 18.3 Å². The van der Waals surface area contributed by atoms with Gasteiger partial charge in [0.1, 0.15) is 13.1 Å². The lowest BCUT2D eigenvalue weighted by Crippen LogP contribution is -2.40. The van der Waals surface area contributed by atoms with Crippen molar-refractivity contribution in [3.05, 3.63) is 101 Å². The summed E-state index contributed by atoms with van der Waals surface area (Å²) in [6.45, 7) is -1.72. The second-order valence-corrected chi connectivity index (χ2v) is 8.06. The van der Waals surface area contributed by atoms with E-state index in [0.29, 0.717) is 26.8 Å². The maximum Gasteiger partial charge on any atom is 0.406 e. The molecule has 35 heavy (non-hydrogen) atoms. The number of alkyl halides is 3. The topological polar surface area (TPSA) is 57.1 Å². The molecule has 0 unspecified atom stereocenters. The van der Waals surface area contributed by atoms with E-state index < -0.39 is 18.6 Å². The predicted octanol–water partition coefficient (Wildman–Crippen LogP) is 6.20. The standard InChI is InChI=1S/C17H12ClF3N2O.C9H8N2/c18-12-6-7-14-13(8-12)16(11-4-2-1-3-5-11)22-9-15(24)23(14)10-17(19,20)21;1-2-6-9-8(4-1)5-3-7-10-11-9/h1-8H,9-10H2;1-7,11H. The minimum absolute atomic E-state index is 0.154. The Kier molecular flexibility index (Phi) is 7.31. The average Bonchev–Trinajstić information content (AvgIpc) is 3.15. The van der Waals surface area contributed by atoms with Crippen molar-refractivity contribution in [3.8, 4) is 0 Å². The van der Waals surface area contributed by atoms with Crippen LogP contribution in [-0.2, 0) is 4.79 Å². The summed E-state index contributed by atoms with van der Waals surface area (Å²) in [6, 6.07) is 21.4. The first-order valence-corrected chi connectivity index (χ1v) is 11.0. The van der Waals surface area contributed by atoms with E-state index >= 15 is 0 Å². The van der Waals surface area contributed by atoms with Crippen molar-refractivity contribution in [2.24, 2.45) is 10.1 Å². The lowest BCUT2D eigenvalue weighted by molar-refractivity contribution is -0.131. The molecule has 0 saturated carbocycles. The van der Waals surface area contributed by atoms with Gasteiger partial charge >= 0.3 is 6.18 Å². The van der Waals surface area contributed by atoms with Crippen LogP contribution >= 0.6 is 11.6 Å². The van der Waals surface area contributed by atoms with E-state index in [9.17, 15) is 18.0 Å². The number of fused-ring (bicyclic) bond motifs is 2. The van der Waals surface area contributed by atoms with Crippen molar-refractivity contribution < 1.29 is 18.0 Å². The molecule has 9 heteroatoms. The molecule has 178 valence electrons. The van der Waals surface area contributed by atoms with E-state index in [4.69, 9.17) is 11.6 Å². The molecule has 5 rings (SSSR count). The summed E-state index contributed by atoms with van der Waals surface area (Å²) in [5.74, 6) is -0.707. The minimum Gasteiger partial charge on any atom is -0.301 e. The predicted molar refractivity (Wildman–Crippen MR) is 134 cm³/mol. The van der Waals surface area contributed by atoms with Gasteiger partial charge in [-0.1, -0.05) is 66.2 Å². The number of rotatable bonds is 2. The summed E-state index contributed by atoms with van der Waals surface area (Å²) < 4.78 is 38.6. The van der Waals surface area contributed by atoms with Crippen LogP contribution in [0.3, 0.4) is 0 Å². The van der Waals surface area contributed by atoms with Crippen molar-refractivity contribution in [2.75, 3.05) is 23.4 Å². The Morgan fingerprint density at radius 2 is 1.74 bits per heavy atom. The number of aliphatic imine (C=N–C) groups is 1. The molecule has 0 bridgehead atoms. The normalized spacial score (nSPS) is 14.5. The lowest BCUT2D eigenvalue weighted by atomic mass is 10.00. The summed E-state index contributed by atoms with van der Waals surface area (Å²) in [4.78, 5) is 17.2. The average molecular weight is 497 g/mol. The first-order chi connectivity index (χ1) is 16.8. The number of hydrogen-bond acceptors (Lipinski definition) is 4. The van der Waals surface area contributed by atoms with Crippen LogP contribution in [0.5, 0.6) is 0 Å². The number of nitrogens with one attached hydrogen (secondary N) is 1. The summed E-state index contributed by atoms with van der Waals surface area (Å²) in [5, 5.41) is 4.31. The number of amides is 1. The van der Waals surface area contributed by atoms with E-state index in [1.54, 1.807) is 30.5 Å². The van der Waals surface area contributed by atoms with E-state index in [0.717, 1.165) is 5.69 Å². The van der Waals surface area contributed by atoms with Gasteiger partial charge in [-0.25, -0.2) is 0 Å². The maximum absolute atomic E-state index is 12.9. The van der Waals surface area contributed by atoms with Gasteiger partial charge in [0.25, 0.3) is 0 Å². The highest BCUT2D eigenvalue weighted by Gasteiger charge is 2.36. The van der Waals surface area contributed by atoms with Gasteiger partial charge in [0.05, 0.1) is 17.1 Å². The zero-order valence-electron chi connectivity index (χ0n) is 18.3. The van der Waals surface area contributed by atoms with Crippen molar-refractivity contribution in [1.82, 2.24) is 0 Å². The molecule has 0 radical (unpaired) electrons. The van der Waals surface area contributed by atoms with Crippen molar-refractivity contribution in [3.63, 3.8) is 0 Å². The fourth-order valence-corrected chi connectivity index (χ4v) is 3.79. The van der Waals surface area contributed by atoms with Crippen LogP contribution in [0, 0.1) is 0 Å². The number of halogens is 4. The molecule has 3 aromatic carbocycles. The fraction of sp³-hybridized carbons (Fsp3) is 0.115. The number of hydrazone groups is 1. The molecule has 1 N–H and O–H groups in total. The number of benzodiazepines with no additional fused rings is 1. The number of para-hydroxylation sites is 1. The molecule has 2 aliphatic heterocycles. The maximum atomic E-state index is 12.9. The second kappa shape index (κ2) is 10.6. The highest BCUT2D eigenvalue weighted by atomic mass is 35.5. The van der Waals surface area contributed by atoms with E-state index in [2.05, 4.69) is 15.5 Å². The number of carbonyl (C=O) groups excluding carboxylic acids is 1. The van der Waals surface area contributed by atoms with Crippen LogP contribution in [0.25, 0.3) is 6.08 Å². The molecule has 1 amide bonds. The number of nitrogens with zero attached hydrogens (tertiary/aromatic N) is 3. The zero-order chi connectivity index (χ0) is 24.8. The van der Waals surface area contributed by atoms with Gasteiger partial charge < -0.3 is 4.90 Å². The summed E-state index contributed by atoms with van der Waals surface area (Å²) in [7, 11) is 0. The Labute approximate surface area is 205 Å². The Hall–Kier alpha value is -3.91. The molecule has 2 aliphatic rings. The van der Waals surface area contributed by atoms with Crippen LogP contribution in [-0.4, -0.2) is 37.1 Å². The molecule has 0 atom stereocenters. The molecule has 0 fully saturated rings. The van der Waals surface area contributed by atoms with E-state index in [1.807, 2.05) is 42.5 Å². The highest BCUT2D eigenvalue weighted by molar-refractivity contribution is 6.32. The molecule has 5 nitrogen and oxygen atoms in total. The van der Waals surface area contributed by atoms with Crippen molar-refractivity contribution in [1.29, 1.82) is 0 Å². The molecular weight excluding hydrogens is 477 g/mol. The van der Waals surface area contributed by atoms with Crippen LogP contribution in [0.15, 0.2) is 89.0 Å². The Balaban J connectivity index is 0.000000218. The summed E-state index contributed by atoms with van der Waals surface area (Å²) in [5.41, 5.74) is 6.88. The van der Waals surface area contributed by atoms with Gasteiger partial charge in [0.15, 0.2) is 0 Å². The quantitative estimate of drug-likeness (QED) is 0.459. The number of hydrogen-bond donors (Lipinski definition) is 1. The van der Waals surface area contributed by atoms with Crippen molar-refractivity contribution >= 4 is 46.9 Å². The molecular formula is C26H20ClF3N4O. The Morgan fingerprint density at radius 3 is 2.51 bits per heavy atom. The van der Waals surface area contributed by atoms with E-state index in [-0.39, 0.29) is 12.2 Å². The third-order valence-electron chi connectivity index (χ3n) is 5.14. The second-order valence-electron chi connectivity index (χ2n) is 7.62. The Bertz CT molecular complexity index is 1300. The number of anilines is 2. The Morgan fingerprint density at radius 1 is 1.00 bits per heavy atom. The monoisotopic (exact) mass is 496 g/mol. The number of benzene rings is 3. The third kappa shape index (κ3) is 6.16. The molecule has 2 heterocycles. The van der Waals surface area contributed by atoms with Crippen LogP contribution in [0.2, 0.25) is 5.02 Å². The third-order valence-corrected chi connectivity index (χ3v) is 5.38. The fourth-order valence-electron chi connectivity index (χ4n) is 3.62. The minimum atomic E-state index is -4.51. The first kappa shape index (κ1) is 24.2. The largest absolute Gasteiger partial charge is 0.406 e. The first-order valence-electron chi connectivity index (χ1n) is 10.6. The van der Waals surface area contributed by atoms with Gasteiger partial charge in [0.2, 0.25) is 5.91 Å². The lowest BCUT2D eigenvalue weighted by Gasteiger charge is -2.24. The molecule has 0 aromatic heterocycles. The van der Waals surface area contributed by atoms with Crippen LogP contribution in [0.1, 0.15) is 16.7 Å². The van der Waals surface area contributed by atoms with Gasteiger partial charge in [-0.3, -0.25) is 15.2 Å². The van der Waals surface area contributed by atoms with Crippen molar-refractivity contribution in [2.45, 2.75) is 6.18 Å². The number of carbonyl (C=O) groups is 1. The SMILES string of the molecule is C1=Cc2ccccc2NN=C1.O=C1CN=C(c2ccccc2)c2cc(Cl)ccc2N1CC(F)(F)F. The van der Waals surface area contributed by atoms with E-state index in [1.165, 1.54) is 23.8 Å². The summed E-state index contributed by atoms with van der Waals surface area (Å²) >= 11 is 6.02. The molecule has 3 aromatic rings. The zero-order valence-corrected chi connectivity index (χ0v) is 19.1. The van der Waals surface area contributed by atoms with Crippen LogP contribution in [0.4, 0.5) is 24.5 Å².